The molecule has 0 bridgehead atoms. The van der Waals surface area contributed by atoms with Gasteiger partial charge in [0.2, 0.25) is 0 Å². The first-order valence-electron chi connectivity index (χ1n) is 4.38. The first-order valence-corrected chi connectivity index (χ1v) is 4.38. The summed E-state index contributed by atoms with van der Waals surface area (Å²) in [6, 6.07) is 0. The van der Waals surface area contributed by atoms with Gasteiger partial charge in [0, 0.05) is 19.6 Å². The van der Waals surface area contributed by atoms with Crippen LogP contribution in [0.15, 0.2) is 0 Å². The molecule has 2 saturated heterocycles. The summed E-state index contributed by atoms with van der Waals surface area (Å²) in [5.41, 5.74) is 5.54. The lowest BCUT2D eigenvalue weighted by molar-refractivity contribution is -0.257. The van der Waals surface area contributed by atoms with E-state index in [1.165, 1.54) is 0 Å². The Balaban J connectivity index is 1.98. The van der Waals surface area contributed by atoms with E-state index in [4.69, 9.17) is 15.2 Å². The topological polar surface area (TPSA) is 47.7 Å². The molecule has 0 aromatic carbocycles. The predicted octanol–water partition coefficient (Wildman–Crippen LogP) is -0.955. The number of hydrogen-bond acceptors (Lipinski definition) is 4. The van der Waals surface area contributed by atoms with Crippen LogP contribution in [-0.4, -0.2) is 56.5 Å². The van der Waals surface area contributed by atoms with Crippen LogP contribution in [0.4, 0.5) is 0 Å². The third-order valence-electron chi connectivity index (χ3n) is 2.48. The Hall–Kier alpha value is -0.160. The van der Waals surface area contributed by atoms with Crippen LogP contribution in [-0.2, 0) is 9.47 Å². The molecule has 1 atom stereocenters. The highest BCUT2D eigenvalue weighted by atomic mass is 16.6. The molecule has 0 aromatic heterocycles. The van der Waals surface area contributed by atoms with Gasteiger partial charge in [0.25, 0.3) is 0 Å². The van der Waals surface area contributed by atoms with Crippen molar-refractivity contribution in [3.8, 4) is 0 Å². The Bertz CT molecular complexity index is 170. The monoisotopic (exact) mass is 172 g/mol. The second kappa shape index (κ2) is 2.96. The van der Waals surface area contributed by atoms with Crippen LogP contribution < -0.4 is 5.73 Å². The third kappa shape index (κ3) is 1.35. The Labute approximate surface area is 72.6 Å². The first-order chi connectivity index (χ1) is 5.74. The molecule has 0 aromatic rings. The van der Waals surface area contributed by atoms with Crippen LogP contribution >= 0.6 is 0 Å². The van der Waals surface area contributed by atoms with Gasteiger partial charge in [-0.1, -0.05) is 0 Å². The molecule has 2 heterocycles. The zero-order valence-corrected chi connectivity index (χ0v) is 7.45. The van der Waals surface area contributed by atoms with Gasteiger partial charge in [-0.2, -0.15) is 0 Å². The van der Waals surface area contributed by atoms with Crippen LogP contribution in [0, 0.1) is 0 Å². The minimum atomic E-state index is -0.0307. The summed E-state index contributed by atoms with van der Waals surface area (Å²) in [4.78, 5) is 2.27. The SMILES string of the molecule is CN1CC(CN)OC2(COC2)C1. The Kier molecular flexibility index (Phi) is 2.08. The van der Waals surface area contributed by atoms with Crippen LogP contribution in [0.2, 0.25) is 0 Å². The van der Waals surface area contributed by atoms with E-state index < -0.39 is 0 Å². The predicted molar refractivity (Wildman–Crippen MR) is 45.0 cm³/mol. The highest BCUT2D eigenvalue weighted by molar-refractivity contribution is 4.95. The van der Waals surface area contributed by atoms with Crippen LogP contribution in [0.5, 0.6) is 0 Å². The van der Waals surface area contributed by atoms with Crippen molar-refractivity contribution in [2.24, 2.45) is 5.73 Å². The smallest absolute Gasteiger partial charge is 0.128 e. The van der Waals surface area contributed by atoms with E-state index in [1.807, 2.05) is 0 Å². The third-order valence-corrected chi connectivity index (χ3v) is 2.48. The largest absolute Gasteiger partial charge is 0.375 e. The molecule has 0 amide bonds. The fraction of sp³-hybridized carbons (Fsp3) is 1.00. The fourth-order valence-electron chi connectivity index (χ4n) is 1.94. The summed E-state index contributed by atoms with van der Waals surface area (Å²) in [5, 5.41) is 0. The van der Waals surface area contributed by atoms with Crippen molar-refractivity contribution in [1.82, 2.24) is 4.90 Å². The molecule has 2 aliphatic rings. The van der Waals surface area contributed by atoms with Crippen molar-refractivity contribution in [2.75, 3.05) is 39.9 Å². The standard InChI is InChI=1S/C8H16N2O2/c1-10-3-7(2-9)12-8(4-10)5-11-6-8/h7H,2-6,9H2,1H3. The molecule has 12 heavy (non-hydrogen) atoms. The Morgan fingerprint density at radius 3 is 2.83 bits per heavy atom. The number of hydrogen-bond donors (Lipinski definition) is 1. The summed E-state index contributed by atoms with van der Waals surface area (Å²) >= 11 is 0. The van der Waals surface area contributed by atoms with E-state index >= 15 is 0 Å². The minimum Gasteiger partial charge on any atom is -0.375 e. The fourth-order valence-corrected chi connectivity index (χ4v) is 1.94. The molecular weight excluding hydrogens is 156 g/mol. The van der Waals surface area contributed by atoms with Gasteiger partial charge in [0.15, 0.2) is 0 Å². The molecular formula is C8H16N2O2. The van der Waals surface area contributed by atoms with E-state index in [-0.39, 0.29) is 11.7 Å². The van der Waals surface area contributed by atoms with E-state index in [0.717, 1.165) is 26.3 Å². The molecule has 1 unspecified atom stereocenters. The van der Waals surface area contributed by atoms with E-state index in [2.05, 4.69) is 11.9 Å². The summed E-state index contributed by atoms with van der Waals surface area (Å²) in [5.74, 6) is 0. The summed E-state index contributed by atoms with van der Waals surface area (Å²) in [6.45, 7) is 3.98. The zero-order valence-electron chi connectivity index (χ0n) is 7.45. The second-order valence-corrected chi connectivity index (χ2v) is 3.85. The molecule has 2 aliphatic heterocycles. The van der Waals surface area contributed by atoms with Gasteiger partial charge in [0.05, 0.1) is 19.3 Å². The number of nitrogens with two attached hydrogens (primary N) is 1. The number of ether oxygens (including phenoxy) is 2. The van der Waals surface area contributed by atoms with Crippen LogP contribution in [0.1, 0.15) is 0 Å². The lowest BCUT2D eigenvalue weighted by atomic mass is 9.98. The van der Waals surface area contributed by atoms with Gasteiger partial charge >= 0.3 is 0 Å². The Morgan fingerprint density at radius 2 is 2.33 bits per heavy atom. The molecule has 2 N–H and O–H groups in total. The van der Waals surface area contributed by atoms with Crippen LogP contribution in [0.25, 0.3) is 0 Å². The van der Waals surface area contributed by atoms with Crippen LogP contribution in [0.3, 0.4) is 0 Å². The molecule has 70 valence electrons. The van der Waals surface area contributed by atoms with Gasteiger partial charge < -0.3 is 20.1 Å². The number of nitrogens with zero attached hydrogens (tertiary/aromatic N) is 1. The van der Waals surface area contributed by atoms with E-state index in [1.54, 1.807) is 0 Å². The molecule has 0 radical (unpaired) electrons. The van der Waals surface area contributed by atoms with Gasteiger partial charge in [0.1, 0.15) is 5.60 Å². The molecule has 2 rings (SSSR count). The molecule has 4 heteroatoms. The van der Waals surface area contributed by atoms with Crippen molar-refractivity contribution in [1.29, 1.82) is 0 Å². The van der Waals surface area contributed by atoms with E-state index in [0.29, 0.717) is 6.54 Å². The van der Waals surface area contributed by atoms with E-state index in [9.17, 15) is 0 Å². The maximum atomic E-state index is 5.84. The summed E-state index contributed by atoms with van der Waals surface area (Å²) in [7, 11) is 2.10. The molecule has 1 spiro atoms. The van der Waals surface area contributed by atoms with Gasteiger partial charge in [-0.25, -0.2) is 0 Å². The van der Waals surface area contributed by atoms with Crippen molar-refractivity contribution in [3.05, 3.63) is 0 Å². The zero-order chi connectivity index (χ0) is 8.60. The average molecular weight is 172 g/mol. The second-order valence-electron chi connectivity index (χ2n) is 3.85. The lowest BCUT2D eigenvalue weighted by Gasteiger charge is -2.49. The highest BCUT2D eigenvalue weighted by Gasteiger charge is 2.45. The van der Waals surface area contributed by atoms with Crippen molar-refractivity contribution in [3.63, 3.8) is 0 Å². The Morgan fingerprint density at radius 1 is 1.58 bits per heavy atom. The molecule has 0 aliphatic carbocycles. The highest BCUT2D eigenvalue weighted by Crippen LogP contribution is 2.27. The maximum Gasteiger partial charge on any atom is 0.128 e. The molecule has 4 nitrogen and oxygen atoms in total. The van der Waals surface area contributed by atoms with Crippen molar-refractivity contribution in [2.45, 2.75) is 11.7 Å². The first kappa shape index (κ1) is 8.44. The van der Waals surface area contributed by atoms with Gasteiger partial charge in [-0.3, -0.25) is 0 Å². The lowest BCUT2D eigenvalue weighted by Crippen LogP contribution is -2.65. The molecule has 0 saturated carbocycles. The summed E-state index contributed by atoms with van der Waals surface area (Å²) < 4.78 is 11.0. The number of morpholine rings is 1. The van der Waals surface area contributed by atoms with Crippen molar-refractivity contribution < 1.29 is 9.47 Å². The van der Waals surface area contributed by atoms with Gasteiger partial charge in [-0.05, 0) is 7.05 Å². The van der Waals surface area contributed by atoms with Crippen molar-refractivity contribution >= 4 is 0 Å². The number of rotatable bonds is 1. The van der Waals surface area contributed by atoms with Gasteiger partial charge in [-0.15, -0.1) is 0 Å². The summed E-state index contributed by atoms with van der Waals surface area (Å²) in [6.07, 6.45) is 0.188. The number of likely N-dealkylation sites (N-methyl/N-ethyl adjacent to an activating group) is 1. The average Bonchev–Trinajstić information content (AvgIpc) is 2.00. The molecule has 2 fully saturated rings. The quantitative estimate of drug-likeness (QED) is 0.553. The maximum absolute atomic E-state index is 5.84. The minimum absolute atomic E-state index is 0.0307. The normalized spacial score (nSPS) is 35.0.